The lowest BCUT2D eigenvalue weighted by Crippen LogP contribution is -2.06. The summed E-state index contributed by atoms with van der Waals surface area (Å²) in [5, 5.41) is 0.657. The largest absolute Gasteiger partial charge is 0.324 e. The van der Waals surface area contributed by atoms with Crippen molar-refractivity contribution in [2.75, 3.05) is 0 Å². The molecule has 0 N–H and O–H groups in total. The van der Waals surface area contributed by atoms with Gasteiger partial charge in [0.15, 0.2) is 5.82 Å². The Hall–Kier alpha value is -2.73. The molecule has 0 fully saturated rings. The number of nitrogens with zero attached hydrogens (tertiary/aromatic N) is 5. The fourth-order valence-electron chi connectivity index (χ4n) is 3.11. The summed E-state index contributed by atoms with van der Waals surface area (Å²) in [5.74, 6) is 0.0909. The molecule has 4 aromatic heterocycles. The van der Waals surface area contributed by atoms with Gasteiger partial charge < -0.3 is 8.97 Å². The maximum absolute atomic E-state index is 13.5. The maximum Gasteiger partial charge on any atom is 0.213 e. The van der Waals surface area contributed by atoms with Crippen molar-refractivity contribution in [1.29, 1.82) is 0 Å². The SMILES string of the molecule is CCCc1c(Cn2ccnc2-c2cccc(F)n2)nc2cc(Cl)ccn12. The summed E-state index contributed by atoms with van der Waals surface area (Å²) in [6.07, 6.45) is 7.40. The van der Waals surface area contributed by atoms with Gasteiger partial charge >= 0.3 is 0 Å². The van der Waals surface area contributed by atoms with Gasteiger partial charge in [-0.1, -0.05) is 31.0 Å². The summed E-state index contributed by atoms with van der Waals surface area (Å²) in [5.41, 5.74) is 3.41. The van der Waals surface area contributed by atoms with Crippen LogP contribution < -0.4 is 0 Å². The van der Waals surface area contributed by atoms with E-state index in [1.54, 1.807) is 18.3 Å². The molecule has 4 aromatic rings. The number of halogens is 2. The Balaban J connectivity index is 1.77. The van der Waals surface area contributed by atoms with E-state index in [-0.39, 0.29) is 0 Å². The number of aromatic nitrogens is 5. The first-order valence-electron chi connectivity index (χ1n) is 8.45. The first-order chi connectivity index (χ1) is 12.7. The van der Waals surface area contributed by atoms with E-state index in [0.717, 1.165) is 29.9 Å². The van der Waals surface area contributed by atoms with E-state index in [9.17, 15) is 4.39 Å². The fraction of sp³-hybridized carbons (Fsp3) is 0.211. The van der Waals surface area contributed by atoms with E-state index in [0.29, 0.717) is 23.1 Å². The molecule has 0 aliphatic rings. The van der Waals surface area contributed by atoms with Crippen molar-refractivity contribution in [3.05, 3.63) is 71.3 Å². The van der Waals surface area contributed by atoms with Gasteiger partial charge in [0.25, 0.3) is 0 Å². The second-order valence-electron chi connectivity index (χ2n) is 6.05. The number of pyridine rings is 2. The third-order valence-corrected chi connectivity index (χ3v) is 4.47. The molecule has 26 heavy (non-hydrogen) atoms. The molecular formula is C19H17ClFN5. The molecule has 0 aliphatic heterocycles. The van der Waals surface area contributed by atoms with Gasteiger partial charge in [0.05, 0.1) is 12.2 Å². The number of aryl methyl sites for hydroxylation is 1. The van der Waals surface area contributed by atoms with Gasteiger partial charge in [-0.25, -0.2) is 15.0 Å². The van der Waals surface area contributed by atoms with Gasteiger partial charge in [-0.15, -0.1) is 0 Å². The minimum absolute atomic E-state index is 0.499. The highest BCUT2D eigenvalue weighted by Crippen LogP contribution is 2.22. The molecule has 0 atom stereocenters. The van der Waals surface area contributed by atoms with Crippen LogP contribution in [0.25, 0.3) is 17.2 Å². The molecule has 7 heteroatoms. The maximum atomic E-state index is 13.5. The minimum Gasteiger partial charge on any atom is -0.324 e. The molecule has 4 heterocycles. The van der Waals surface area contributed by atoms with Gasteiger partial charge in [0, 0.05) is 35.4 Å². The molecule has 0 bridgehead atoms. The summed E-state index contributed by atoms with van der Waals surface area (Å²) >= 11 is 6.11. The Morgan fingerprint density at radius 3 is 2.85 bits per heavy atom. The van der Waals surface area contributed by atoms with Crippen LogP contribution in [0.4, 0.5) is 4.39 Å². The quantitative estimate of drug-likeness (QED) is 0.490. The van der Waals surface area contributed by atoms with Gasteiger partial charge in [0.2, 0.25) is 5.95 Å². The topological polar surface area (TPSA) is 48.0 Å². The van der Waals surface area contributed by atoms with Crippen LogP contribution in [0, 0.1) is 5.95 Å². The average Bonchev–Trinajstić information content (AvgIpc) is 3.20. The molecule has 4 rings (SSSR count). The van der Waals surface area contributed by atoms with E-state index in [4.69, 9.17) is 16.6 Å². The summed E-state index contributed by atoms with van der Waals surface area (Å²) in [6.45, 7) is 2.67. The predicted molar refractivity (Wildman–Crippen MR) is 98.7 cm³/mol. The van der Waals surface area contributed by atoms with Crippen molar-refractivity contribution in [3.63, 3.8) is 0 Å². The van der Waals surface area contributed by atoms with Crippen molar-refractivity contribution >= 4 is 17.2 Å². The van der Waals surface area contributed by atoms with E-state index >= 15 is 0 Å². The van der Waals surface area contributed by atoms with Crippen LogP contribution in [-0.4, -0.2) is 23.9 Å². The lowest BCUT2D eigenvalue weighted by atomic mass is 10.2. The minimum atomic E-state index is -0.522. The zero-order valence-corrected chi connectivity index (χ0v) is 15.0. The Morgan fingerprint density at radius 2 is 2.04 bits per heavy atom. The van der Waals surface area contributed by atoms with E-state index in [1.165, 1.54) is 6.07 Å². The first kappa shape index (κ1) is 16.7. The normalized spacial score (nSPS) is 11.3. The molecule has 0 aromatic carbocycles. The number of hydrogen-bond donors (Lipinski definition) is 0. The second-order valence-corrected chi connectivity index (χ2v) is 6.49. The van der Waals surface area contributed by atoms with Crippen LogP contribution in [-0.2, 0) is 13.0 Å². The monoisotopic (exact) mass is 369 g/mol. The predicted octanol–water partition coefficient (Wildman–Crippen LogP) is 4.39. The zero-order chi connectivity index (χ0) is 18.1. The molecule has 0 aliphatic carbocycles. The van der Waals surface area contributed by atoms with Crippen LogP contribution >= 0.6 is 11.6 Å². The zero-order valence-electron chi connectivity index (χ0n) is 14.2. The number of rotatable bonds is 5. The van der Waals surface area contributed by atoms with Gasteiger partial charge in [-0.2, -0.15) is 4.39 Å². The van der Waals surface area contributed by atoms with E-state index < -0.39 is 5.95 Å². The number of fused-ring (bicyclic) bond motifs is 1. The Labute approximate surface area is 155 Å². The molecule has 0 saturated carbocycles. The summed E-state index contributed by atoms with van der Waals surface area (Å²) in [4.78, 5) is 13.0. The van der Waals surface area contributed by atoms with E-state index in [1.807, 2.05) is 29.1 Å². The highest BCUT2D eigenvalue weighted by molar-refractivity contribution is 6.30. The average molecular weight is 370 g/mol. The molecular weight excluding hydrogens is 353 g/mol. The highest BCUT2D eigenvalue weighted by Gasteiger charge is 2.15. The van der Waals surface area contributed by atoms with Crippen LogP contribution in [0.2, 0.25) is 5.02 Å². The lowest BCUT2D eigenvalue weighted by molar-refractivity contribution is 0.584. The summed E-state index contributed by atoms with van der Waals surface area (Å²) in [6, 6.07) is 8.41. The van der Waals surface area contributed by atoms with E-state index in [2.05, 4.69) is 21.3 Å². The molecule has 0 amide bonds. The van der Waals surface area contributed by atoms with Crippen molar-refractivity contribution in [2.24, 2.45) is 0 Å². The Bertz CT molecular complexity index is 1070. The highest BCUT2D eigenvalue weighted by atomic mass is 35.5. The van der Waals surface area contributed by atoms with Crippen molar-refractivity contribution in [2.45, 2.75) is 26.3 Å². The second kappa shape index (κ2) is 6.88. The fourth-order valence-corrected chi connectivity index (χ4v) is 3.27. The number of hydrogen-bond acceptors (Lipinski definition) is 3. The van der Waals surface area contributed by atoms with Crippen LogP contribution in [0.5, 0.6) is 0 Å². The van der Waals surface area contributed by atoms with Crippen molar-refractivity contribution in [3.8, 4) is 11.5 Å². The molecule has 132 valence electrons. The van der Waals surface area contributed by atoms with Crippen molar-refractivity contribution in [1.82, 2.24) is 23.9 Å². The number of imidazole rings is 2. The van der Waals surface area contributed by atoms with Crippen molar-refractivity contribution < 1.29 is 4.39 Å². The third-order valence-electron chi connectivity index (χ3n) is 4.24. The Morgan fingerprint density at radius 1 is 1.15 bits per heavy atom. The third kappa shape index (κ3) is 3.08. The standard InChI is InChI=1S/C19H17ClFN5/c1-2-4-16-15(24-18-11-13(20)7-9-26(16)18)12-25-10-8-22-19(25)14-5-3-6-17(21)23-14/h3,5-11H,2,4,12H2,1H3. The molecule has 0 saturated heterocycles. The van der Waals surface area contributed by atoms with Crippen LogP contribution in [0.15, 0.2) is 48.9 Å². The van der Waals surface area contributed by atoms with Gasteiger partial charge in [-0.3, -0.25) is 0 Å². The summed E-state index contributed by atoms with van der Waals surface area (Å²) in [7, 11) is 0. The first-order valence-corrected chi connectivity index (χ1v) is 8.83. The molecule has 5 nitrogen and oxygen atoms in total. The van der Waals surface area contributed by atoms with Gasteiger partial charge in [-0.05, 0) is 24.6 Å². The van der Waals surface area contributed by atoms with Gasteiger partial charge in [0.1, 0.15) is 11.3 Å². The smallest absolute Gasteiger partial charge is 0.213 e. The Kier molecular flexibility index (Phi) is 4.42. The van der Waals surface area contributed by atoms with Crippen LogP contribution in [0.3, 0.4) is 0 Å². The molecule has 0 spiro atoms. The molecule has 0 unspecified atom stereocenters. The summed E-state index contributed by atoms with van der Waals surface area (Å²) < 4.78 is 17.5. The lowest BCUT2D eigenvalue weighted by Gasteiger charge is -2.08. The molecule has 0 radical (unpaired) electrons. The van der Waals surface area contributed by atoms with Crippen LogP contribution in [0.1, 0.15) is 24.7 Å².